The van der Waals surface area contributed by atoms with Gasteiger partial charge in [0.2, 0.25) is 0 Å². The Morgan fingerprint density at radius 3 is 2.79 bits per heavy atom. The molecular formula is C20H18F3N5. The van der Waals surface area contributed by atoms with Gasteiger partial charge in [-0.1, -0.05) is 0 Å². The summed E-state index contributed by atoms with van der Waals surface area (Å²) in [4.78, 5) is 19.3. The zero-order valence-corrected chi connectivity index (χ0v) is 15.2. The number of H-pyrrole nitrogens is 1. The van der Waals surface area contributed by atoms with Gasteiger partial charge in [-0.15, -0.1) is 0 Å². The van der Waals surface area contributed by atoms with Gasteiger partial charge in [-0.05, 0) is 55.7 Å². The Kier molecular flexibility index (Phi) is 4.49. The molecule has 1 fully saturated rings. The van der Waals surface area contributed by atoms with E-state index in [0.717, 1.165) is 35.7 Å². The summed E-state index contributed by atoms with van der Waals surface area (Å²) in [6.45, 7) is 5.74. The first kappa shape index (κ1) is 18.3. The highest BCUT2D eigenvalue weighted by Gasteiger charge is 2.33. The minimum Gasteiger partial charge on any atom is -0.336 e. The van der Waals surface area contributed by atoms with Crippen molar-refractivity contribution in [1.82, 2.24) is 15.0 Å². The molecule has 0 saturated heterocycles. The number of nitrogens with one attached hydrogen (secondary N) is 1. The molecule has 3 aromatic heterocycles. The summed E-state index contributed by atoms with van der Waals surface area (Å²) in [6, 6.07) is 2.77. The van der Waals surface area contributed by atoms with Crippen molar-refractivity contribution in [2.75, 3.05) is 0 Å². The summed E-state index contributed by atoms with van der Waals surface area (Å²) >= 11 is 0. The molecule has 8 heteroatoms. The first-order valence-corrected chi connectivity index (χ1v) is 8.88. The van der Waals surface area contributed by atoms with E-state index in [4.69, 9.17) is 0 Å². The Hall–Kier alpha value is -3.03. The van der Waals surface area contributed by atoms with E-state index in [-0.39, 0.29) is 12.2 Å². The van der Waals surface area contributed by atoms with Gasteiger partial charge in [0.25, 0.3) is 0 Å². The molecule has 3 aromatic rings. The van der Waals surface area contributed by atoms with Crippen molar-refractivity contribution in [1.29, 1.82) is 0 Å². The van der Waals surface area contributed by atoms with Crippen molar-refractivity contribution >= 4 is 29.1 Å². The highest BCUT2D eigenvalue weighted by Crippen LogP contribution is 2.43. The van der Waals surface area contributed by atoms with E-state index in [1.54, 1.807) is 12.3 Å². The molecule has 0 bridgehead atoms. The van der Waals surface area contributed by atoms with Crippen LogP contribution < -0.4 is 0 Å². The number of aliphatic imine (C=N–C) groups is 2. The molecular weight excluding hydrogens is 367 g/mol. The number of nitrogens with zero attached hydrogens (tertiary/aromatic N) is 4. The molecule has 0 amide bonds. The number of hydrogen-bond donors (Lipinski definition) is 1. The van der Waals surface area contributed by atoms with Crippen LogP contribution in [0, 0.1) is 0 Å². The zero-order valence-electron chi connectivity index (χ0n) is 15.2. The van der Waals surface area contributed by atoms with Crippen LogP contribution in [0.4, 0.5) is 18.9 Å². The lowest BCUT2D eigenvalue weighted by Crippen LogP contribution is -2.04. The number of pyridine rings is 2. The van der Waals surface area contributed by atoms with Gasteiger partial charge < -0.3 is 4.98 Å². The number of aromatic amines is 1. The Morgan fingerprint density at radius 1 is 1.32 bits per heavy atom. The summed E-state index contributed by atoms with van der Waals surface area (Å²) < 4.78 is 39.0. The van der Waals surface area contributed by atoms with Crippen molar-refractivity contribution in [2.24, 2.45) is 9.98 Å². The summed E-state index contributed by atoms with van der Waals surface area (Å²) in [5, 5.41) is 0.422. The third kappa shape index (κ3) is 3.42. The smallest absolute Gasteiger partial charge is 0.336 e. The second-order valence-electron chi connectivity index (χ2n) is 6.87. The predicted molar refractivity (Wildman–Crippen MR) is 102 cm³/mol. The van der Waals surface area contributed by atoms with E-state index in [9.17, 15) is 13.2 Å². The standard InChI is InChI=1S/C20H18F3N5/c1-11(18-15(12-3-4-12)9-25-10-16(18)24-2)27-8-13-5-6-26-19-14(13)7-17(28-19)20(21,22)23/h5-7,9-10,12H,2-4,8H2,1H3,(H,26,28)/b27-11-. The minimum absolute atomic E-state index is 0.203. The molecule has 1 saturated carbocycles. The molecule has 0 unspecified atom stereocenters. The third-order valence-corrected chi connectivity index (χ3v) is 4.92. The zero-order chi connectivity index (χ0) is 19.9. The van der Waals surface area contributed by atoms with Gasteiger partial charge >= 0.3 is 6.18 Å². The number of alkyl halides is 3. The van der Waals surface area contributed by atoms with Gasteiger partial charge in [-0.3, -0.25) is 15.0 Å². The van der Waals surface area contributed by atoms with E-state index in [1.807, 2.05) is 13.1 Å². The largest absolute Gasteiger partial charge is 0.431 e. The third-order valence-electron chi connectivity index (χ3n) is 4.92. The molecule has 5 nitrogen and oxygen atoms in total. The molecule has 1 aliphatic carbocycles. The molecule has 144 valence electrons. The van der Waals surface area contributed by atoms with E-state index in [2.05, 4.69) is 31.7 Å². The van der Waals surface area contributed by atoms with E-state index >= 15 is 0 Å². The second kappa shape index (κ2) is 6.85. The fourth-order valence-corrected chi connectivity index (χ4v) is 3.34. The summed E-state index contributed by atoms with van der Waals surface area (Å²) in [5.41, 5.74) is 3.52. The van der Waals surface area contributed by atoms with Crippen LogP contribution in [0.1, 0.15) is 48.1 Å². The van der Waals surface area contributed by atoms with Gasteiger partial charge in [0.15, 0.2) is 0 Å². The van der Waals surface area contributed by atoms with Crippen LogP contribution >= 0.6 is 0 Å². The van der Waals surface area contributed by atoms with Crippen LogP contribution in [0.2, 0.25) is 0 Å². The normalized spacial score (nSPS) is 15.2. The Bertz CT molecular complexity index is 1080. The van der Waals surface area contributed by atoms with Crippen molar-refractivity contribution in [3.63, 3.8) is 0 Å². The average Bonchev–Trinajstić information content (AvgIpc) is 3.41. The van der Waals surface area contributed by atoms with Gasteiger partial charge in [0, 0.05) is 29.1 Å². The number of hydrogen-bond acceptors (Lipinski definition) is 4. The molecule has 1 N–H and O–H groups in total. The summed E-state index contributed by atoms with van der Waals surface area (Å²) in [7, 11) is 0. The highest BCUT2D eigenvalue weighted by atomic mass is 19.4. The van der Waals surface area contributed by atoms with E-state index < -0.39 is 11.9 Å². The van der Waals surface area contributed by atoms with Crippen molar-refractivity contribution < 1.29 is 13.2 Å². The molecule has 4 rings (SSSR count). The van der Waals surface area contributed by atoms with E-state index in [0.29, 0.717) is 22.6 Å². The lowest BCUT2D eigenvalue weighted by atomic mass is 10.0. The quantitative estimate of drug-likeness (QED) is 0.614. The van der Waals surface area contributed by atoms with Crippen LogP contribution in [0.15, 0.2) is 40.7 Å². The lowest BCUT2D eigenvalue weighted by Gasteiger charge is -2.11. The van der Waals surface area contributed by atoms with Gasteiger partial charge in [-0.25, -0.2) is 4.98 Å². The summed E-state index contributed by atoms with van der Waals surface area (Å²) in [6.07, 6.45) is 2.75. The van der Waals surface area contributed by atoms with Gasteiger partial charge in [0.05, 0.1) is 18.4 Å². The number of fused-ring (bicyclic) bond motifs is 1. The first-order valence-electron chi connectivity index (χ1n) is 8.88. The molecule has 1 aliphatic rings. The van der Waals surface area contributed by atoms with Crippen molar-refractivity contribution in [3.05, 3.63) is 53.1 Å². The Balaban J connectivity index is 1.70. The maximum Gasteiger partial charge on any atom is 0.431 e. The fraction of sp³-hybridized carbons (Fsp3) is 0.300. The number of aromatic nitrogens is 3. The molecule has 28 heavy (non-hydrogen) atoms. The average molecular weight is 385 g/mol. The predicted octanol–water partition coefficient (Wildman–Crippen LogP) is 5.20. The van der Waals surface area contributed by atoms with Crippen molar-refractivity contribution in [2.45, 2.75) is 38.4 Å². The second-order valence-corrected chi connectivity index (χ2v) is 6.87. The van der Waals surface area contributed by atoms with Crippen LogP contribution in [0.3, 0.4) is 0 Å². The number of rotatable bonds is 5. The summed E-state index contributed by atoms with van der Waals surface area (Å²) in [5.74, 6) is 0.459. The number of halogens is 3. The van der Waals surface area contributed by atoms with Crippen molar-refractivity contribution in [3.8, 4) is 0 Å². The molecule has 0 aromatic carbocycles. The molecule has 3 heterocycles. The van der Waals surface area contributed by atoms with Crippen LogP contribution in [0.25, 0.3) is 11.0 Å². The Labute approximate surface area is 159 Å². The maximum absolute atomic E-state index is 13.0. The van der Waals surface area contributed by atoms with Gasteiger partial charge in [0.1, 0.15) is 11.3 Å². The lowest BCUT2D eigenvalue weighted by molar-refractivity contribution is -0.140. The van der Waals surface area contributed by atoms with E-state index in [1.165, 1.54) is 6.20 Å². The fourth-order valence-electron chi connectivity index (χ4n) is 3.34. The molecule has 0 spiro atoms. The van der Waals surface area contributed by atoms with Gasteiger partial charge in [-0.2, -0.15) is 13.2 Å². The molecule has 0 atom stereocenters. The topological polar surface area (TPSA) is 66.3 Å². The minimum atomic E-state index is -4.45. The maximum atomic E-state index is 13.0. The Morgan fingerprint density at radius 2 is 2.11 bits per heavy atom. The molecule has 0 radical (unpaired) electrons. The highest BCUT2D eigenvalue weighted by molar-refractivity contribution is 6.04. The van der Waals surface area contributed by atoms with Crippen LogP contribution in [-0.2, 0) is 12.7 Å². The SMILES string of the molecule is C=Nc1cncc(C2CC2)c1/C(C)=N\Cc1ccnc2[nH]c(C(F)(F)F)cc12. The monoisotopic (exact) mass is 385 g/mol. The van der Waals surface area contributed by atoms with Crippen LogP contribution in [-0.4, -0.2) is 27.4 Å². The molecule has 0 aliphatic heterocycles. The van der Waals surface area contributed by atoms with Crippen LogP contribution in [0.5, 0.6) is 0 Å². The first-order chi connectivity index (χ1) is 13.4.